The molecule has 7 heteroatoms. The molecule has 1 fully saturated rings. The van der Waals surface area contributed by atoms with Crippen LogP contribution in [0.2, 0.25) is 0 Å². The summed E-state index contributed by atoms with van der Waals surface area (Å²) in [6.45, 7) is 2.92. The van der Waals surface area contributed by atoms with Crippen molar-refractivity contribution >= 4 is 29.1 Å². The van der Waals surface area contributed by atoms with Gasteiger partial charge < -0.3 is 15.5 Å². The number of nitrogens with zero attached hydrogens (tertiary/aromatic N) is 2. The SMILES string of the molecule is Cc1cccc(C(=O)NCc2ccc(N3CCCC3=O)cc2)c1NC(=O)c1ccncc1. The molecule has 0 saturated carbocycles. The van der Waals surface area contributed by atoms with Crippen molar-refractivity contribution in [3.05, 3.63) is 89.2 Å². The minimum Gasteiger partial charge on any atom is -0.348 e. The van der Waals surface area contributed by atoms with Gasteiger partial charge in [-0.05, 0) is 54.8 Å². The number of benzene rings is 2. The molecule has 0 bridgehead atoms. The van der Waals surface area contributed by atoms with Crippen LogP contribution in [0.1, 0.15) is 44.7 Å². The summed E-state index contributed by atoms with van der Waals surface area (Å²) in [6, 6.07) is 16.2. The van der Waals surface area contributed by atoms with E-state index in [1.54, 1.807) is 41.6 Å². The maximum atomic E-state index is 12.9. The van der Waals surface area contributed by atoms with Crippen LogP contribution in [0, 0.1) is 6.92 Å². The number of aromatic nitrogens is 1. The number of hydrogen-bond donors (Lipinski definition) is 2. The van der Waals surface area contributed by atoms with Crippen LogP contribution in [0.5, 0.6) is 0 Å². The third-order valence-corrected chi connectivity index (χ3v) is 5.47. The van der Waals surface area contributed by atoms with Gasteiger partial charge in [0.05, 0.1) is 11.3 Å². The molecule has 0 unspecified atom stereocenters. The fraction of sp³-hybridized carbons (Fsp3) is 0.200. The molecule has 1 saturated heterocycles. The number of rotatable bonds is 6. The van der Waals surface area contributed by atoms with Crippen LogP contribution in [-0.4, -0.2) is 29.3 Å². The van der Waals surface area contributed by atoms with Gasteiger partial charge in [0.1, 0.15) is 0 Å². The number of carbonyl (C=O) groups excluding carboxylic acids is 3. The molecule has 4 rings (SSSR count). The van der Waals surface area contributed by atoms with Crippen molar-refractivity contribution < 1.29 is 14.4 Å². The van der Waals surface area contributed by atoms with E-state index in [-0.39, 0.29) is 17.7 Å². The summed E-state index contributed by atoms with van der Waals surface area (Å²) >= 11 is 0. The number of hydrogen-bond acceptors (Lipinski definition) is 4. The third-order valence-electron chi connectivity index (χ3n) is 5.47. The highest BCUT2D eigenvalue weighted by Crippen LogP contribution is 2.23. The standard InChI is InChI=1S/C25H24N4O3/c1-17-4-2-5-21(23(17)28-24(31)19-11-13-26-14-12-19)25(32)27-16-18-7-9-20(10-8-18)29-15-3-6-22(29)30/h2,4-5,7-14H,3,6,15-16H2,1H3,(H,27,32)(H,28,31). The van der Waals surface area contributed by atoms with E-state index in [2.05, 4.69) is 15.6 Å². The Morgan fingerprint density at radius 1 is 1.00 bits per heavy atom. The molecule has 2 N–H and O–H groups in total. The molecule has 7 nitrogen and oxygen atoms in total. The highest BCUT2D eigenvalue weighted by molar-refractivity contribution is 6.09. The average molecular weight is 428 g/mol. The first-order valence-corrected chi connectivity index (χ1v) is 10.5. The van der Waals surface area contributed by atoms with Crippen molar-refractivity contribution in [3.63, 3.8) is 0 Å². The Balaban J connectivity index is 1.44. The molecule has 162 valence electrons. The zero-order valence-electron chi connectivity index (χ0n) is 17.8. The van der Waals surface area contributed by atoms with Crippen molar-refractivity contribution in [2.45, 2.75) is 26.3 Å². The summed E-state index contributed by atoms with van der Waals surface area (Å²) in [6.07, 6.45) is 4.57. The largest absolute Gasteiger partial charge is 0.348 e. The summed E-state index contributed by atoms with van der Waals surface area (Å²) in [5, 5.41) is 5.76. The molecule has 2 aromatic carbocycles. The first-order valence-electron chi connectivity index (χ1n) is 10.5. The topological polar surface area (TPSA) is 91.4 Å². The second-order valence-electron chi connectivity index (χ2n) is 7.69. The molecule has 1 aliphatic heterocycles. The van der Waals surface area contributed by atoms with Crippen molar-refractivity contribution in [3.8, 4) is 0 Å². The predicted octanol–water partition coefficient (Wildman–Crippen LogP) is 3.70. The van der Waals surface area contributed by atoms with E-state index in [0.717, 1.165) is 29.8 Å². The fourth-order valence-electron chi connectivity index (χ4n) is 3.70. The molecule has 3 amide bonds. The molecular formula is C25H24N4O3. The number of para-hydroxylation sites is 1. The van der Waals surface area contributed by atoms with E-state index in [9.17, 15) is 14.4 Å². The number of amides is 3. The van der Waals surface area contributed by atoms with Gasteiger partial charge >= 0.3 is 0 Å². The second-order valence-corrected chi connectivity index (χ2v) is 7.69. The minimum absolute atomic E-state index is 0.145. The summed E-state index contributed by atoms with van der Waals surface area (Å²) in [7, 11) is 0. The quantitative estimate of drug-likeness (QED) is 0.626. The van der Waals surface area contributed by atoms with E-state index in [1.165, 1.54) is 0 Å². The van der Waals surface area contributed by atoms with E-state index in [4.69, 9.17) is 0 Å². The van der Waals surface area contributed by atoms with Gasteiger partial charge in [-0.25, -0.2) is 0 Å². The average Bonchev–Trinajstić information content (AvgIpc) is 3.25. The van der Waals surface area contributed by atoms with Crippen LogP contribution < -0.4 is 15.5 Å². The lowest BCUT2D eigenvalue weighted by atomic mass is 10.1. The van der Waals surface area contributed by atoms with Gasteiger partial charge in [-0.1, -0.05) is 24.3 Å². The van der Waals surface area contributed by atoms with Gasteiger partial charge in [-0.3, -0.25) is 19.4 Å². The Kier molecular flexibility index (Phi) is 6.26. The van der Waals surface area contributed by atoms with Crippen LogP contribution in [0.25, 0.3) is 0 Å². The van der Waals surface area contributed by atoms with Crippen LogP contribution in [0.15, 0.2) is 67.0 Å². The number of aryl methyl sites for hydroxylation is 1. The third kappa shape index (κ3) is 4.67. The van der Waals surface area contributed by atoms with Crippen LogP contribution in [-0.2, 0) is 11.3 Å². The summed E-state index contributed by atoms with van der Waals surface area (Å²) in [5.41, 5.74) is 3.93. The van der Waals surface area contributed by atoms with Gasteiger partial charge in [-0.2, -0.15) is 0 Å². The zero-order chi connectivity index (χ0) is 22.5. The predicted molar refractivity (Wildman–Crippen MR) is 123 cm³/mol. The highest BCUT2D eigenvalue weighted by Gasteiger charge is 2.21. The molecule has 1 aliphatic rings. The maximum absolute atomic E-state index is 12.9. The fourth-order valence-corrected chi connectivity index (χ4v) is 3.70. The smallest absolute Gasteiger partial charge is 0.255 e. The molecule has 2 heterocycles. The molecule has 0 radical (unpaired) electrons. The van der Waals surface area contributed by atoms with Crippen LogP contribution >= 0.6 is 0 Å². The molecule has 3 aromatic rings. The van der Waals surface area contributed by atoms with Gasteiger partial charge in [0.2, 0.25) is 5.91 Å². The lowest BCUT2D eigenvalue weighted by Crippen LogP contribution is -2.25. The van der Waals surface area contributed by atoms with E-state index < -0.39 is 0 Å². The van der Waals surface area contributed by atoms with E-state index in [0.29, 0.717) is 29.8 Å². The Morgan fingerprint density at radius 3 is 2.44 bits per heavy atom. The first-order chi connectivity index (χ1) is 15.5. The molecule has 1 aromatic heterocycles. The van der Waals surface area contributed by atoms with Crippen LogP contribution in [0.3, 0.4) is 0 Å². The number of anilines is 2. The second kappa shape index (κ2) is 9.43. The van der Waals surface area contributed by atoms with Crippen molar-refractivity contribution in [2.75, 3.05) is 16.8 Å². The first kappa shape index (κ1) is 21.2. The molecule has 0 atom stereocenters. The lowest BCUT2D eigenvalue weighted by molar-refractivity contribution is -0.117. The maximum Gasteiger partial charge on any atom is 0.255 e. The minimum atomic E-state index is -0.303. The number of nitrogens with one attached hydrogen (secondary N) is 2. The zero-order valence-corrected chi connectivity index (χ0v) is 17.8. The molecule has 0 aliphatic carbocycles. The van der Waals surface area contributed by atoms with E-state index >= 15 is 0 Å². The van der Waals surface area contributed by atoms with Crippen LogP contribution in [0.4, 0.5) is 11.4 Å². The molecule has 0 spiro atoms. The van der Waals surface area contributed by atoms with Crippen molar-refractivity contribution in [1.29, 1.82) is 0 Å². The summed E-state index contributed by atoms with van der Waals surface area (Å²) in [4.78, 5) is 43.1. The molecule has 32 heavy (non-hydrogen) atoms. The van der Waals surface area contributed by atoms with Gasteiger partial charge in [-0.15, -0.1) is 0 Å². The van der Waals surface area contributed by atoms with Crippen molar-refractivity contribution in [2.24, 2.45) is 0 Å². The normalized spacial score (nSPS) is 13.2. The highest BCUT2D eigenvalue weighted by atomic mass is 16.2. The number of pyridine rings is 1. The lowest BCUT2D eigenvalue weighted by Gasteiger charge is -2.16. The van der Waals surface area contributed by atoms with E-state index in [1.807, 2.05) is 37.3 Å². The van der Waals surface area contributed by atoms with Gasteiger partial charge in [0.15, 0.2) is 0 Å². The number of carbonyl (C=O) groups is 3. The Morgan fingerprint density at radius 2 is 1.75 bits per heavy atom. The molecular weight excluding hydrogens is 404 g/mol. The monoisotopic (exact) mass is 428 g/mol. The Labute approximate surface area is 186 Å². The summed E-state index contributed by atoms with van der Waals surface area (Å²) < 4.78 is 0. The summed E-state index contributed by atoms with van der Waals surface area (Å²) in [5.74, 6) is -0.438. The van der Waals surface area contributed by atoms with Gasteiger partial charge in [0.25, 0.3) is 11.8 Å². The van der Waals surface area contributed by atoms with Crippen molar-refractivity contribution in [1.82, 2.24) is 10.3 Å². The Hall–Kier alpha value is -4.00. The van der Waals surface area contributed by atoms with Gasteiger partial charge in [0, 0.05) is 43.2 Å². The Bertz CT molecular complexity index is 1140.